The van der Waals surface area contributed by atoms with E-state index in [1.54, 1.807) is 0 Å². The molecule has 5 heteroatoms. The third kappa shape index (κ3) is 2.88. The first kappa shape index (κ1) is 16.1. The van der Waals surface area contributed by atoms with E-state index in [0.717, 1.165) is 37.3 Å². The minimum Gasteiger partial charge on any atom is -0.505 e. The Hall–Kier alpha value is -2.43. The highest BCUT2D eigenvalue weighted by Gasteiger charge is 2.43. The summed E-state index contributed by atoms with van der Waals surface area (Å²) in [7, 11) is 0. The van der Waals surface area contributed by atoms with Crippen LogP contribution in [-0.4, -0.2) is 28.0 Å². The lowest BCUT2D eigenvalue weighted by molar-refractivity contribution is 0.0571. The second-order valence-corrected chi connectivity index (χ2v) is 6.98. The number of benzene rings is 2. The standard InChI is InChI=1S/C20H19F2NO2/c21-15-4-1-12(2-5-15)14-9-16-6-7-17(10-14)23(16)20(25)13-3-8-19(24)18(22)11-13/h1-5,8,11,14,16-17,24H,6-7,9-10H2. The van der Waals surface area contributed by atoms with Crippen molar-refractivity contribution in [2.75, 3.05) is 0 Å². The van der Waals surface area contributed by atoms with Gasteiger partial charge < -0.3 is 10.0 Å². The van der Waals surface area contributed by atoms with Gasteiger partial charge in [0.15, 0.2) is 11.6 Å². The van der Waals surface area contributed by atoms with E-state index in [4.69, 9.17) is 0 Å². The SMILES string of the molecule is O=C(c1ccc(O)c(F)c1)N1C2CCC1CC(c1ccc(F)cc1)C2. The second kappa shape index (κ2) is 6.14. The molecule has 0 saturated carbocycles. The average Bonchev–Trinajstić information content (AvgIpc) is 2.87. The van der Waals surface area contributed by atoms with Crippen molar-refractivity contribution in [1.29, 1.82) is 0 Å². The molecule has 0 aliphatic carbocycles. The van der Waals surface area contributed by atoms with Crippen LogP contribution in [0.2, 0.25) is 0 Å². The lowest BCUT2D eigenvalue weighted by Crippen LogP contribution is -2.46. The molecule has 2 aromatic carbocycles. The number of carbonyl (C=O) groups excluding carboxylic acids is 1. The summed E-state index contributed by atoms with van der Waals surface area (Å²) >= 11 is 0. The van der Waals surface area contributed by atoms with Gasteiger partial charge in [0.1, 0.15) is 5.82 Å². The summed E-state index contributed by atoms with van der Waals surface area (Å²) in [5.41, 5.74) is 1.38. The van der Waals surface area contributed by atoms with Crippen molar-refractivity contribution in [2.45, 2.75) is 43.7 Å². The van der Waals surface area contributed by atoms with Crippen molar-refractivity contribution in [3.8, 4) is 5.75 Å². The number of phenols is 1. The number of piperidine rings is 1. The van der Waals surface area contributed by atoms with Crippen LogP contribution in [0.15, 0.2) is 42.5 Å². The predicted octanol–water partition coefficient (Wildman–Crippen LogP) is 4.22. The monoisotopic (exact) mass is 343 g/mol. The Morgan fingerprint density at radius 3 is 2.24 bits per heavy atom. The fraction of sp³-hybridized carbons (Fsp3) is 0.350. The summed E-state index contributed by atoms with van der Waals surface area (Å²) in [6.45, 7) is 0. The number of phenolic OH excluding ortho intramolecular Hbond substituents is 1. The highest BCUT2D eigenvalue weighted by molar-refractivity contribution is 5.95. The van der Waals surface area contributed by atoms with Gasteiger partial charge in [-0.05, 0) is 67.5 Å². The smallest absolute Gasteiger partial charge is 0.254 e. The van der Waals surface area contributed by atoms with Gasteiger partial charge >= 0.3 is 0 Å². The zero-order valence-electron chi connectivity index (χ0n) is 13.7. The molecule has 2 aliphatic heterocycles. The van der Waals surface area contributed by atoms with Crippen molar-refractivity contribution in [3.63, 3.8) is 0 Å². The average molecular weight is 343 g/mol. The number of carbonyl (C=O) groups is 1. The lowest BCUT2D eigenvalue weighted by Gasteiger charge is -2.39. The molecule has 2 heterocycles. The molecule has 3 nitrogen and oxygen atoms in total. The van der Waals surface area contributed by atoms with Crippen LogP contribution in [0.25, 0.3) is 0 Å². The summed E-state index contributed by atoms with van der Waals surface area (Å²) in [5.74, 6) is -1.33. The van der Waals surface area contributed by atoms with Crippen LogP contribution < -0.4 is 0 Å². The van der Waals surface area contributed by atoms with E-state index in [-0.39, 0.29) is 29.4 Å². The molecule has 2 fully saturated rings. The lowest BCUT2D eigenvalue weighted by atomic mass is 9.85. The molecule has 1 N–H and O–H groups in total. The summed E-state index contributed by atoms with van der Waals surface area (Å²) in [4.78, 5) is 14.7. The zero-order valence-corrected chi connectivity index (χ0v) is 13.7. The number of fused-ring (bicyclic) bond motifs is 2. The van der Waals surface area contributed by atoms with Crippen LogP contribution >= 0.6 is 0 Å². The Balaban J connectivity index is 1.55. The molecule has 2 unspecified atom stereocenters. The van der Waals surface area contributed by atoms with Gasteiger partial charge in [0.2, 0.25) is 0 Å². The minimum atomic E-state index is -0.778. The fourth-order valence-electron chi connectivity index (χ4n) is 4.30. The summed E-state index contributed by atoms with van der Waals surface area (Å²) in [5, 5.41) is 9.31. The minimum absolute atomic E-state index is 0.123. The molecule has 2 aliphatic rings. The van der Waals surface area contributed by atoms with Gasteiger partial charge in [0, 0.05) is 17.6 Å². The van der Waals surface area contributed by atoms with E-state index in [1.807, 2.05) is 17.0 Å². The molecule has 4 rings (SSSR count). The first-order valence-electron chi connectivity index (χ1n) is 8.59. The van der Waals surface area contributed by atoms with E-state index in [1.165, 1.54) is 24.3 Å². The van der Waals surface area contributed by atoms with Crippen LogP contribution in [0.5, 0.6) is 5.75 Å². The van der Waals surface area contributed by atoms with Gasteiger partial charge in [0.05, 0.1) is 0 Å². The van der Waals surface area contributed by atoms with Crippen molar-refractivity contribution in [1.82, 2.24) is 4.90 Å². The Labute approximate surface area is 144 Å². The molecule has 2 atom stereocenters. The molecule has 0 aromatic heterocycles. The van der Waals surface area contributed by atoms with Crippen molar-refractivity contribution in [2.24, 2.45) is 0 Å². The third-order valence-electron chi connectivity index (χ3n) is 5.50. The number of rotatable bonds is 2. The van der Waals surface area contributed by atoms with Gasteiger partial charge in [-0.2, -0.15) is 0 Å². The first-order chi connectivity index (χ1) is 12.0. The van der Waals surface area contributed by atoms with Crippen LogP contribution in [0.1, 0.15) is 47.5 Å². The Kier molecular flexibility index (Phi) is 3.94. The van der Waals surface area contributed by atoms with E-state index < -0.39 is 11.6 Å². The number of aromatic hydroxyl groups is 1. The molecule has 2 bridgehead atoms. The zero-order chi connectivity index (χ0) is 17.6. The third-order valence-corrected chi connectivity index (χ3v) is 5.50. The maximum absolute atomic E-state index is 13.6. The normalized spacial score (nSPS) is 25.2. The molecule has 0 radical (unpaired) electrons. The molecule has 2 saturated heterocycles. The highest BCUT2D eigenvalue weighted by atomic mass is 19.1. The Bertz CT molecular complexity index is 792. The molecule has 0 spiro atoms. The van der Waals surface area contributed by atoms with Gasteiger partial charge in [-0.1, -0.05) is 12.1 Å². The van der Waals surface area contributed by atoms with Crippen molar-refractivity contribution in [3.05, 3.63) is 65.2 Å². The molecule has 2 aromatic rings. The van der Waals surface area contributed by atoms with E-state index in [0.29, 0.717) is 5.92 Å². The molecule has 25 heavy (non-hydrogen) atoms. The number of hydrogen-bond donors (Lipinski definition) is 1. The second-order valence-electron chi connectivity index (χ2n) is 6.98. The van der Waals surface area contributed by atoms with Crippen LogP contribution in [0, 0.1) is 11.6 Å². The Morgan fingerprint density at radius 2 is 1.64 bits per heavy atom. The van der Waals surface area contributed by atoms with Crippen molar-refractivity contribution >= 4 is 5.91 Å². The topological polar surface area (TPSA) is 40.5 Å². The van der Waals surface area contributed by atoms with Gasteiger partial charge in [-0.25, -0.2) is 8.78 Å². The van der Waals surface area contributed by atoms with Gasteiger partial charge in [-0.15, -0.1) is 0 Å². The molecule has 1 amide bonds. The van der Waals surface area contributed by atoms with Crippen LogP contribution in [0.4, 0.5) is 8.78 Å². The molecule has 130 valence electrons. The predicted molar refractivity (Wildman–Crippen MR) is 89.4 cm³/mol. The largest absolute Gasteiger partial charge is 0.505 e. The summed E-state index contributed by atoms with van der Waals surface area (Å²) in [6, 6.07) is 10.6. The van der Waals surface area contributed by atoms with E-state index in [2.05, 4.69) is 0 Å². The van der Waals surface area contributed by atoms with Crippen LogP contribution in [0.3, 0.4) is 0 Å². The number of hydrogen-bond acceptors (Lipinski definition) is 2. The highest BCUT2D eigenvalue weighted by Crippen LogP contribution is 2.43. The van der Waals surface area contributed by atoms with Gasteiger partial charge in [-0.3, -0.25) is 4.79 Å². The molecular formula is C20H19F2NO2. The van der Waals surface area contributed by atoms with E-state index >= 15 is 0 Å². The number of nitrogens with zero attached hydrogens (tertiary/aromatic N) is 1. The Morgan fingerprint density at radius 1 is 1.00 bits per heavy atom. The number of halogens is 2. The van der Waals surface area contributed by atoms with E-state index in [9.17, 15) is 18.7 Å². The maximum Gasteiger partial charge on any atom is 0.254 e. The van der Waals surface area contributed by atoms with Crippen molar-refractivity contribution < 1.29 is 18.7 Å². The number of amides is 1. The molecular weight excluding hydrogens is 324 g/mol. The first-order valence-corrected chi connectivity index (χ1v) is 8.59. The van der Waals surface area contributed by atoms with Crippen LogP contribution in [-0.2, 0) is 0 Å². The quantitative estimate of drug-likeness (QED) is 0.887. The fourth-order valence-corrected chi connectivity index (χ4v) is 4.30. The summed E-state index contributed by atoms with van der Waals surface area (Å²) in [6.07, 6.45) is 3.56. The van der Waals surface area contributed by atoms with Gasteiger partial charge in [0.25, 0.3) is 5.91 Å². The summed E-state index contributed by atoms with van der Waals surface area (Å²) < 4.78 is 26.7. The maximum atomic E-state index is 13.6.